The summed E-state index contributed by atoms with van der Waals surface area (Å²) in [6.45, 7) is 4.58. The van der Waals surface area contributed by atoms with Crippen LogP contribution in [0.25, 0.3) is 0 Å². The Morgan fingerprint density at radius 3 is 2.44 bits per heavy atom. The van der Waals surface area contributed by atoms with E-state index < -0.39 is 0 Å². The molecule has 1 nitrogen and oxygen atoms in total. The van der Waals surface area contributed by atoms with Crippen LogP contribution in [0.1, 0.15) is 71.6 Å². The Morgan fingerprint density at radius 2 is 1.81 bits per heavy atom. The van der Waals surface area contributed by atoms with Crippen LogP contribution >= 0.6 is 0 Å². The molecule has 0 heterocycles. The van der Waals surface area contributed by atoms with Crippen molar-refractivity contribution >= 4 is 0 Å². The minimum atomic E-state index is -0.290. The van der Waals surface area contributed by atoms with Crippen LogP contribution in [0, 0.1) is 17.8 Å². The van der Waals surface area contributed by atoms with Gasteiger partial charge in [-0.2, -0.15) is 0 Å². The van der Waals surface area contributed by atoms with Crippen molar-refractivity contribution in [3.63, 3.8) is 0 Å². The van der Waals surface area contributed by atoms with E-state index in [4.69, 9.17) is 0 Å². The zero-order valence-corrected chi connectivity index (χ0v) is 11.0. The normalized spacial score (nSPS) is 44.8. The maximum Gasteiger partial charge on any atom is 0.0681 e. The third-order valence-corrected chi connectivity index (χ3v) is 5.33. The Balaban J connectivity index is 2.04. The van der Waals surface area contributed by atoms with Crippen molar-refractivity contribution in [2.45, 2.75) is 77.2 Å². The van der Waals surface area contributed by atoms with Gasteiger partial charge in [0.2, 0.25) is 0 Å². The lowest BCUT2D eigenvalue weighted by Crippen LogP contribution is -2.41. The molecule has 2 fully saturated rings. The van der Waals surface area contributed by atoms with Crippen LogP contribution in [-0.4, -0.2) is 10.7 Å². The summed E-state index contributed by atoms with van der Waals surface area (Å²) in [5, 5.41) is 10.9. The highest BCUT2D eigenvalue weighted by atomic mass is 16.3. The van der Waals surface area contributed by atoms with E-state index in [1.54, 1.807) is 0 Å². The van der Waals surface area contributed by atoms with E-state index in [0.29, 0.717) is 5.92 Å². The summed E-state index contributed by atoms with van der Waals surface area (Å²) in [5.74, 6) is 2.21. The summed E-state index contributed by atoms with van der Waals surface area (Å²) in [6, 6.07) is 0. The van der Waals surface area contributed by atoms with Crippen LogP contribution in [0.2, 0.25) is 0 Å². The minimum Gasteiger partial charge on any atom is -0.390 e. The first-order chi connectivity index (χ1) is 7.69. The molecule has 2 rings (SSSR count). The predicted octanol–water partition coefficient (Wildman–Crippen LogP) is 4.14. The second-order valence-electron chi connectivity index (χ2n) is 6.18. The number of rotatable bonds is 3. The van der Waals surface area contributed by atoms with E-state index in [2.05, 4.69) is 13.8 Å². The Labute approximate surface area is 101 Å². The van der Waals surface area contributed by atoms with Crippen molar-refractivity contribution in [2.24, 2.45) is 17.8 Å². The lowest BCUT2D eigenvalue weighted by atomic mass is 9.68. The summed E-state index contributed by atoms with van der Waals surface area (Å²) in [5.41, 5.74) is -0.290. The van der Waals surface area contributed by atoms with E-state index in [1.807, 2.05) is 0 Å². The van der Waals surface area contributed by atoms with Gasteiger partial charge in [0.1, 0.15) is 0 Å². The molecule has 2 saturated carbocycles. The van der Waals surface area contributed by atoms with Crippen molar-refractivity contribution in [1.29, 1.82) is 0 Å². The van der Waals surface area contributed by atoms with Gasteiger partial charge in [-0.15, -0.1) is 0 Å². The first-order valence-corrected chi connectivity index (χ1v) is 7.42. The molecule has 0 bridgehead atoms. The third-order valence-electron chi connectivity index (χ3n) is 5.33. The molecule has 1 N–H and O–H groups in total. The molecule has 0 amide bonds. The third kappa shape index (κ3) is 2.30. The molecule has 0 spiro atoms. The van der Waals surface area contributed by atoms with Crippen LogP contribution in [0.15, 0.2) is 0 Å². The lowest BCUT2D eigenvalue weighted by Gasteiger charge is -2.41. The fourth-order valence-corrected chi connectivity index (χ4v) is 4.25. The van der Waals surface area contributed by atoms with Crippen LogP contribution < -0.4 is 0 Å². The SMILES string of the molecule is CCC1CCC(O)(C2CCCCC2CC)C1. The molecule has 4 unspecified atom stereocenters. The van der Waals surface area contributed by atoms with Crippen molar-refractivity contribution in [3.8, 4) is 0 Å². The Bertz CT molecular complexity index is 225. The molecule has 0 aromatic heterocycles. The smallest absolute Gasteiger partial charge is 0.0681 e. The fourth-order valence-electron chi connectivity index (χ4n) is 4.25. The maximum absolute atomic E-state index is 10.9. The van der Waals surface area contributed by atoms with E-state index >= 15 is 0 Å². The second-order valence-corrected chi connectivity index (χ2v) is 6.18. The van der Waals surface area contributed by atoms with Crippen LogP contribution in [0.5, 0.6) is 0 Å². The van der Waals surface area contributed by atoms with Crippen LogP contribution in [0.3, 0.4) is 0 Å². The Morgan fingerprint density at radius 1 is 1.06 bits per heavy atom. The van der Waals surface area contributed by atoms with Crippen molar-refractivity contribution in [3.05, 3.63) is 0 Å². The first-order valence-electron chi connectivity index (χ1n) is 7.42. The highest BCUT2D eigenvalue weighted by Gasteiger charge is 2.45. The summed E-state index contributed by atoms with van der Waals surface area (Å²) >= 11 is 0. The fraction of sp³-hybridized carbons (Fsp3) is 1.00. The van der Waals surface area contributed by atoms with Gasteiger partial charge in [0.15, 0.2) is 0 Å². The molecular formula is C15H28O. The van der Waals surface area contributed by atoms with Gasteiger partial charge in [0, 0.05) is 0 Å². The number of aliphatic hydroxyl groups is 1. The molecule has 0 radical (unpaired) electrons. The van der Waals surface area contributed by atoms with Crippen molar-refractivity contribution in [1.82, 2.24) is 0 Å². The second kappa shape index (κ2) is 5.08. The maximum atomic E-state index is 10.9. The summed E-state index contributed by atoms with van der Waals surface area (Å²) in [7, 11) is 0. The molecule has 1 heteroatoms. The van der Waals surface area contributed by atoms with Gasteiger partial charge in [-0.05, 0) is 43.4 Å². The van der Waals surface area contributed by atoms with Crippen molar-refractivity contribution in [2.75, 3.05) is 0 Å². The molecule has 2 aliphatic carbocycles. The van der Waals surface area contributed by atoms with E-state index in [-0.39, 0.29) is 5.60 Å². The predicted molar refractivity (Wildman–Crippen MR) is 68.3 cm³/mol. The topological polar surface area (TPSA) is 20.2 Å². The van der Waals surface area contributed by atoms with Gasteiger partial charge in [-0.25, -0.2) is 0 Å². The molecule has 94 valence electrons. The quantitative estimate of drug-likeness (QED) is 0.763. The molecular weight excluding hydrogens is 196 g/mol. The van der Waals surface area contributed by atoms with E-state index in [0.717, 1.165) is 24.7 Å². The van der Waals surface area contributed by atoms with Crippen molar-refractivity contribution < 1.29 is 5.11 Å². The molecule has 0 aliphatic heterocycles. The van der Waals surface area contributed by atoms with Gasteiger partial charge in [-0.3, -0.25) is 0 Å². The molecule has 0 aromatic rings. The van der Waals surface area contributed by atoms with E-state index in [1.165, 1.54) is 44.9 Å². The van der Waals surface area contributed by atoms with Gasteiger partial charge >= 0.3 is 0 Å². The average Bonchev–Trinajstić information content (AvgIpc) is 2.72. The van der Waals surface area contributed by atoms with Gasteiger partial charge in [0.25, 0.3) is 0 Å². The zero-order chi connectivity index (χ0) is 11.6. The minimum absolute atomic E-state index is 0.290. The Kier molecular flexibility index (Phi) is 3.94. The van der Waals surface area contributed by atoms with Gasteiger partial charge < -0.3 is 5.11 Å². The largest absolute Gasteiger partial charge is 0.390 e. The van der Waals surface area contributed by atoms with Crippen LogP contribution in [-0.2, 0) is 0 Å². The number of hydrogen-bond donors (Lipinski definition) is 1. The van der Waals surface area contributed by atoms with Gasteiger partial charge in [0.05, 0.1) is 5.60 Å². The molecule has 0 aromatic carbocycles. The van der Waals surface area contributed by atoms with E-state index in [9.17, 15) is 5.11 Å². The zero-order valence-electron chi connectivity index (χ0n) is 11.0. The summed E-state index contributed by atoms with van der Waals surface area (Å²) in [4.78, 5) is 0. The van der Waals surface area contributed by atoms with Gasteiger partial charge in [-0.1, -0.05) is 46.0 Å². The first kappa shape index (κ1) is 12.4. The highest BCUT2D eigenvalue weighted by Crippen LogP contribution is 2.48. The monoisotopic (exact) mass is 224 g/mol. The highest BCUT2D eigenvalue weighted by molar-refractivity contribution is 4.97. The number of hydrogen-bond acceptors (Lipinski definition) is 1. The summed E-state index contributed by atoms with van der Waals surface area (Å²) in [6.07, 6.45) is 11.3. The molecule has 2 aliphatic rings. The molecule has 4 atom stereocenters. The van der Waals surface area contributed by atoms with Crippen LogP contribution in [0.4, 0.5) is 0 Å². The Hall–Kier alpha value is -0.0400. The average molecular weight is 224 g/mol. The standard InChI is InChI=1S/C15H28O/c1-3-12-9-10-15(16,11-12)14-8-6-5-7-13(14)4-2/h12-14,16H,3-11H2,1-2H3. The molecule has 0 saturated heterocycles. The molecule has 16 heavy (non-hydrogen) atoms. The summed E-state index contributed by atoms with van der Waals surface area (Å²) < 4.78 is 0. The lowest BCUT2D eigenvalue weighted by molar-refractivity contribution is -0.0556.